The second-order valence-electron chi connectivity index (χ2n) is 7.96. The predicted octanol–water partition coefficient (Wildman–Crippen LogP) is 5.87. The first kappa shape index (κ1) is 24.3. The summed E-state index contributed by atoms with van der Waals surface area (Å²) in [4.78, 5) is 26.1. The van der Waals surface area contributed by atoms with Crippen LogP contribution in [-0.2, 0) is 4.79 Å². The van der Waals surface area contributed by atoms with Crippen LogP contribution in [0.25, 0.3) is 22.3 Å². The number of fused-ring (bicyclic) bond motifs is 1. The summed E-state index contributed by atoms with van der Waals surface area (Å²) in [5, 5.41) is 3.16. The number of hydrogen-bond acceptors (Lipinski definition) is 6. The zero-order valence-electron chi connectivity index (χ0n) is 19.7. The Kier molecular flexibility index (Phi) is 7.12. The highest BCUT2D eigenvalue weighted by molar-refractivity contribution is 9.10. The lowest BCUT2D eigenvalue weighted by Crippen LogP contribution is -2.22. The van der Waals surface area contributed by atoms with Crippen molar-refractivity contribution in [2.24, 2.45) is 0 Å². The van der Waals surface area contributed by atoms with Gasteiger partial charge in [0.1, 0.15) is 5.58 Å². The van der Waals surface area contributed by atoms with E-state index in [9.17, 15) is 9.59 Å². The van der Waals surface area contributed by atoms with Crippen LogP contribution in [0, 0.1) is 13.8 Å². The fraction of sp³-hybridized carbons (Fsp3) is 0.185. The van der Waals surface area contributed by atoms with E-state index in [1.54, 1.807) is 36.4 Å². The summed E-state index contributed by atoms with van der Waals surface area (Å²) in [6.45, 7) is 3.39. The number of benzene rings is 3. The van der Waals surface area contributed by atoms with Gasteiger partial charge in [0, 0.05) is 15.7 Å². The molecular formula is C27H24BrNO6. The van der Waals surface area contributed by atoms with Gasteiger partial charge in [-0.05, 0) is 73.5 Å². The molecule has 4 aromatic rings. The van der Waals surface area contributed by atoms with E-state index in [1.807, 2.05) is 32.0 Å². The molecule has 1 aromatic heterocycles. The van der Waals surface area contributed by atoms with Crippen LogP contribution in [0.4, 0.5) is 5.69 Å². The monoisotopic (exact) mass is 537 g/mol. The number of halogens is 1. The molecule has 0 aliphatic rings. The van der Waals surface area contributed by atoms with Crippen LogP contribution < -0.4 is 25.0 Å². The number of amides is 1. The van der Waals surface area contributed by atoms with Crippen molar-refractivity contribution >= 4 is 38.5 Å². The fourth-order valence-corrected chi connectivity index (χ4v) is 4.10. The van der Waals surface area contributed by atoms with E-state index >= 15 is 0 Å². The van der Waals surface area contributed by atoms with Crippen LogP contribution in [0.2, 0.25) is 0 Å². The number of anilines is 1. The Morgan fingerprint density at radius 1 is 0.971 bits per heavy atom. The SMILES string of the molecule is COc1ccc(-c2oc3cc(C)cc(C)c3c(=O)c2OCC(=O)Nc2ccc(Br)cc2)cc1OC. The van der Waals surface area contributed by atoms with Gasteiger partial charge in [0.25, 0.3) is 5.91 Å². The second-order valence-corrected chi connectivity index (χ2v) is 8.87. The second kappa shape index (κ2) is 10.2. The summed E-state index contributed by atoms with van der Waals surface area (Å²) in [7, 11) is 3.06. The first-order valence-corrected chi connectivity index (χ1v) is 11.6. The van der Waals surface area contributed by atoms with E-state index in [2.05, 4.69) is 21.2 Å². The Balaban J connectivity index is 1.77. The van der Waals surface area contributed by atoms with Gasteiger partial charge in [-0.3, -0.25) is 9.59 Å². The maximum atomic E-state index is 13.6. The van der Waals surface area contributed by atoms with Crippen LogP contribution in [0.15, 0.2) is 68.3 Å². The molecule has 0 atom stereocenters. The van der Waals surface area contributed by atoms with Gasteiger partial charge in [-0.1, -0.05) is 22.0 Å². The summed E-state index contributed by atoms with van der Waals surface area (Å²) >= 11 is 3.36. The van der Waals surface area contributed by atoms with Crippen molar-refractivity contribution in [1.29, 1.82) is 0 Å². The van der Waals surface area contributed by atoms with Crippen LogP contribution in [-0.4, -0.2) is 26.7 Å². The summed E-state index contributed by atoms with van der Waals surface area (Å²) in [6, 6.07) is 16.0. The lowest BCUT2D eigenvalue weighted by atomic mass is 10.0. The topological polar surface area (TPSA) is 87.0 Å². The van der Waals surface area contributed by atoms with Crippen molar-refractivity contribution in [2.45, 2.75) is 13.8 Å². The minimum absolute atomic E-state index is 0.0531. The third-order valence-electron chi connectivity index (χ3n) is 5.42. The van der Waals surface area contributed by atoms with E-state index in [0.717, 1.165) is 15.6 Å². The standard InChI is InChI=1S/C27H24BrNO6/c1-15-11-16(2)24-22(12-15)35-26(17-5-10-20(32-3)21(13-17)33-4)27(25(24)31)34-14-23(30)29-19-8-6-18(28)7-9-19/h5-13H,14H2,1-4H3,(H,29,30). The number of carbonyl (C=O) groups is 1. The van der Waals surface area contributed by atoms with Crippen molar-refractivity contribution in [3.05, 3.63) is 80.4 Å². The van der Waals surface area contributed by atoms with E-state index < -0.39 is 5.91 Å². The molecule has 3 aromatic carbocycles. The normalized spacial score (nSPS) is 10.8. The molecule has 1 heterocycles. The number of rotatable bonds is 7. The lowest BCUT2D eigenvalue weighted by Gasteiger charge is -2.14. The maximum absolute atomic E-state index is 13.6. The number of carbonyl (C=O) groups excluding carboxylic acids is 1. The minimum atomic E-state index is -0.411. The summed E-state index contributed by atoms with van der Waals surface area (Å²) in [5.74, 6) is 0.729. The number of aryl methyl sites for hydroxylation is 2. The Bertz CT molecular complexity index is 1460. The Labute approximate surface area is 210 Å². The molecule has 0 aliphatic heterocycles. The quantitative estimate of drug-likeness (QED) is 0.317. The predicted molar refractivity (Wildman–Crippen MR) is 139 cm³/mol. The molecule has 0 saturated heterocycles. The van der Waals surface area contributed by atoms with Crippen molar-refractivity contribution in [1.82, 2.24) is 0 Å². The lowest BCUT2D eigenvalue weighted by molar-refractivity contribution is -0.118. The van der Waals surface area contributed by atoms with Gasteiger partial charge in [0.05, 0.1) is 19.6 Å². The summed E-state index contributed by atoms with van der Waals surface area (Å²) < 4.78 is 23.6. The average Bonchev–Trinajstić information content (AvgIpc) is 2.83. The van der Waals surface area contributed by atoms with Crippen molar-refractivity contribution in [3.8, 4) is 28.6 Å². The molecule has 0 saturated carbocycles. The van der Waals surface area contributed by atoms with Gasteiger partial charge in [0.15, 0.2) is 23.9 Å². The molecule has 0 spiro atoms. The van der Waals surface area contributed by atoms with Gasteiger partial charge in [0.2, 0.25) is 11.2 Å². The molecule has 0 unspecified atom stereocenters. The summed E-state index contributed by atoms with van der Waals surface area (Å²) in [5.41, 5.74) is 2.95. The molecule has 4 rings (SSSR count). The van der Waals surface area contributed by atoms with E-state index in [1.165, 1.54) is 14.2 Å². The molecule has 0 bridgehead atoms. The smallest absolute Gasteiger partial charge is 0.262 e. The zero-order valence-corrected chi connectivity index (χ0v) is 21.3. The Morgan fingerprint density at radius 2 is 1.69 bits per heavy atom. The molecule has 0 aliphatic carbocycles. The highest BCUT2D eigenvalue weighted by atomic mass is 79.9. The molecule has 0 fully saturated rings. The van der Waals surface area contributed by atoms with Gasteiger partial charge in [-0.15, -0.1) is 0 Å². The van der Waals surface area contributed by atoms with Crippen LogP contribution in [0.1, 0.15) is 11.1 Å². The molecular weight excluding hydrogens is 514 g/mol. The average molecular weight is 538 g/mol. The zero-order chi connectivity index (χ0) is 25.1. The molecule has 7 nitrogen and oxygen atoms in total. The molecule has 1 amide bonds. The van der Waals surface area contributed by atoms with Crippen LogP contribution in [0.3, 0.4) is 0 Å². The van der Waals surface area contributed by atoms with Gasteiger partial charge in [-0.25, -0.2) is 0 Å². The van der Waals surface area contributed by atoms with Gasteiger partial charge >= 0.3 is 0 Å². The van der Waals surface area contributed by atoms with E-state index in [4.69, 9.17) is 18.6 Å². The van der Waals surface area contributed by atoms with Gasteiger partial charge < -0.3 is 23.9 Å². The number of methoxy groups -OCH3 is 2. The fourth-order valence-electron chi connectivity index (χ4n) is 3.84. The first-order valence-electron chi connectivity index (χ1n) is 10.8. The van der Waals surface area contributed by atoms with Crippen LogP contribution >= 0.6 is 15.9 Å². The van der Waals surface area contributed by atoms with Gasteiger partial charge in [-0.2, -0.15) is 0 Å². The number of ether oxygens (including phenoxy) is 3. The van der Waals surface area contributed by atoms with E-state index in [-0.39, 0.29) is 23.5 Å². The minimum Gasteiger partial charge on any atom is -0.493 e. The largest absolute Gasteiger partial charge is 0.493 e. The highest BCUT2D eigenvalue weighted by Crippen LogP contribution is 2.37. The molecule has 1 N–H and O–H groups in total. The van der Waals surface area contributed by atoms with Crippen LogP contribution in [0.5, 0.6) is 17.2 Å². The van der Waals surface area contributed by atoms with Crippen molar-refractivity contribution in [2.75, 3.05) is 26.1 Å². The van der Waals surface area contributed by atoms with E-state index in [0.29, 0.717) is 33.7 Å². The number of hydrogen-bond donors (Lipinski definition) is 1. The third kappa shape index (κ3) is 5.17. The van der Waals surface area contributed by atoms with Crippen molar-refractivity contribution in [3.63, 3.8) is 0 Å². The first-order chi connectivity index (χ1) is 16.8. The number of nitrogens with one attached hydrogen (secondary N) is 1. The van der Waals surface area contributed by atoms with Crippen molar-refractivity contribution < 1.29 is 23.4 Å². The third-order valence-corrected chi connectivity index (χ3v) is 5.95. The maximum Gasteiger partial charge on any atom is 0.262 e. The highest BCUT2D eigenvalue weighted by Gasteiger charge is 2.21. The molecule has 0 radical (unpaired) electrons. The Morgan fingerprint density at radius 3 is 2.37 bits per heavy atom. The molecule has 8 heteroatoms. The molecule has 35 heavy (non-hydrogen) atoms. The summed E-state index contributed by atoms with van der Waals surface area (Å²) in [6.07, 6.45) is 0. The Hall–Kier alpha value is -3.78. The molecule has 180 valence electrons.